The molecule has 1 aromatic carbocycles. The molecule has 3 heteroatoms. The van der Waals surface area contributed by atoms with Gasteiger partial charge in [-0.15, -0.1) is 0 Å². The average Bonchev–Trinajstić information content (AvgIpc) is 2.24. The highest BCUT2D eigenvalue weighted by Gasteiger charge is 2.04. The van der Waals surface area contributed by atoms with E-state index in [-0.39, 0.29) is 0 Å². The number of halogens is 1. The van der Waals surface area contributed by atoms with Crippen LogP contribution in [0.2, 0.25) is 5.02 Å². The third kappa shape index (κ3) is 4.54. The molecule has 1 atom stereocenters. The third-order valence-electron chi connectivity index (χ3n) is 2.23. The Morgan fingerprint density at radius 1 is 1.40 bits per heavy atom. The van der Waals surface area contributed by atoms with Gasteiger partial charge >= 0.3 is 0 Å². The highest BCUT2D eigenvalue weighted by Crippen LogP contribution is 2.17. The lowest BCUT2D eigenvalue weighted by atomic mass is 10.2. The van der Waals surface area contributed by atoms with Crippen molar-refractivity contribution >= 4 is 11.6 Å². The summed E-state index contributed by atoms with van der Waals surface area (Å²) in [5.74, 6) is 0.832. The maximum atomic E-state index is 5.86. The van der Waals surface area contributed by atoms with Gasteiger partial charge in [0.25, 0.3) is 0 Å². The molecule has 0 spiro atoms. The molecule has 1 rings (SSSR count). The van der Waals surface area contributed by atoms with Crippen molar-refractivity contribution in [1.82, 2.24) is 5.32 Å². The topological polar surface area (TPSA) is 21.3 Å². The molecular weight excluding hydrogens is 210 g/mol. The van der Waals surface area contributed by atoms with Crippen LogP contribution < -0.4 is 10.1 Å². The fourth-order valence-electron chi connectivity index (χ4n) is 1.36. The molecule has 0 heterocycles. The van der Waals surface area contributed by atoms with Crippen molar-refractivity contribution in [2.75, 3.05) is 13.2 Å². The van der Waals surface area contributed by atoms with E-state index in [2.05, 4.69) is 19.2 Å². The Hall–Kier alpha value is -0.730. The summed E-state index contributed by atoms with van der Waals surface area (Å²) in [6.45, 7) is 5.90. The van der Waals surface area contributed by atoms with Crippen molar-refractivity contribution in [3.05, 3.63) is 29.3 Å². The number of likely N-dealkylation sites (N-methyl/N-ethyl adjacent to an activating group) is 1. The Morgan fingerprint density at radius 3 is 2.80 bits per heavy atom. The van der Waals surface area contributed by atoms with Crippen LogP contribution >= 0.6 is 11.6 Å². The first kappa shape index (κ1) is 12.3. The van der Waals surface area contributed by atoms with Crippen molar-refractivity contribution in [2.45, 2.75) is 26.3 Å². The van der Waals surface area contributed by atoms with Crippen molar-refractivity contribution in [3.63, 3.8) is 0 Å². The molecule has 15 heavy (non-hydrogen) atoms. The van der Waals surface area contributed by atoms with Gasteiger partial charge in [-0.05, 0) is 31.2 Å². The van der Waals surface area contributed by atoms with Crippen LogP contribution in [-0.2, 0) is 0 Å². The van der Waals surface area contributed by atoms with Gasteiger partial charge in [0, 0.05) is 11.1 Å². The fraction of sp³-hybridized carbons (Fsp3) is 0.500. The summed E-state index contributed by atoms with van der Waals surface area (Å²) in [5, 5.41) is 4.07. The minimum atomic E-state index is 0.411. The molecule has 0 bridgehead atoms. The Labute approximate surface area is 96.6 Å². The second-order valence-corrected chi connectivity index (χ2v) is 3.87. The molecule has 1 aromatic rings. The predicted molar refractivity (Wildman–Crippen MR) is 64.7 cm³/mol. The lowest BCUT2D eigenvalue weighted by molar-refractivity contribution is 0.262. The largest absolute Gasteiger partial charge is 0.492 e. The van der Waals surface area contributed by atoms with E-state index in [9.17, 15) is 0 Å². The maximum Gasteiger partial charge on any atom is 0.120 e. The van der Waals surface area contributed by atoms with Gasteiger partial charge < -0.3 is 10.1 Å². The molecule has 84 valence electrons. The lowest BCUT2D eigenvalue weighted by Crippen LogP contribution is -2.33. The van der Waals surface area contributed by atoms with E-state index in [1.54, 1.807) is 0 Å². The molecule has 0 aliphatic carbocycles. The van der Waals surface area contributed by atoms with Crippen LogP contribution in [0, 0.1) is 0 Å². The minimum Gasteiger partial charge on any atom is -0.492 e. The average molecular weight is 228 g/mol. The normalized spacial score (nSPS) is 12.5. The van der Waals surface area contributed by atoms with Crippen LogP contribution in [0.15, 0.2) is 24.3 Å². The quantitative estimate of drug-likeness (QED) is 0.807. The van der Waals surface area contributed by atoms with Crippen LogP contribution in [0.4, 0.5) is 0 Å². The Balaban J connectivity index is 2.41. The first-order valence-electron chi connectivity index (χ1n) is 5.38. The molecule has 0 radical (unpaired) electrons. The van der Waals surface area contributed by atoms with E-state index < -0.39 is 0 Å². The standard InChI is InChI=1S/C12H18ClNO/c1-3-11(14-4-2)9-15-12-7-5-6-10(13)8-12/h5-8,11,14H,3-4,9H2,1-2H3. The Morgan fingerprint density at radius 2 is 2.20 bits per heavy atom. The smallest absolute Gasteiger partial charge is 0.120 e. The van der Waals surface area contributed by atoms with Crippen molar-refractivity contribution in [2.24, 2.45) is 0 Å². The van der Waals surface area contributed by atoms with E-state index in [0.717, 1.165) is 18.7 Å². The third-order valence-corrected chi connectivity index (χ3v) is 2.47. The van der Waals surface area contributed by atoms with Crippen molar-refractivity contribution < 1.29 is 4.74 Å². The van der Waals surface area contributed by atoms with Gasteiger partial charge in [-0.2, -0.15) is 0 Å². The summed E-state index contributed by atoms with van der Waals surface area (Å²) in [6, 6.07) is 7.90. The monoisotopic (exact) mass is 227 g/mol. The van der Waals surface area contributed by atoms with E-state index >= 15 is 0 Å². The van der Waals surface area contributed by atoms with Crippen LogP contribution in [-0.4, -0.2) is 19.2 Å². The molecule has 0 saturated carbocycles. The zero-order chi connectivity index (χ0) is 11.1. The molecule has 0 aromatic heterocycles. The van der Waals surface area contributed by atoms with Gasteiger partial charge in [0.15, 0.2) is 0 Å². The van der Waals surface area contributed by atoms with E-state index in [4.69, 9.17) is 16.3 Å². The van der Waals surface area contributed by atoms with Gasteiger partial charge in [-0.25, -0.2) is 0 Å². The maximum absolute atomic E-state index is 5.86. The summed E-state index contributed by atoms with van der Waals surface area (Å²) >= 11 is 5.86. The van der Waals surface area contributed by atoms with E-state index in [0.29, 0.717) is 17.7 Å². The van der Waals surface area contributed by atoms with Gasteiger partial charge in [0.1, 0.15) is 12.4 Å². The predicted octanol–water partition coefficient (Wildman–Crippen LogP) is 3.11. The molecule has 0 fully saturated rings. The summed E-state index contributed by atoms with van der Waals surface area (Å²) in [7, 11) is 0. The zero-order valence-electron chi connectivity index (χ0n) is 9.29. The molecule has 2 nitrogen and oxygen atoms in total. The van der Waals surface area contributed by atoms with Crippen molar-refractivity contribution in [1.29, 1.82) is 0 Å². The highest BCUT2D eigenvalue weighted by atomic mass is 35.5. The Bertz CT molecular complexity index is 291. The van der Waals surface area contributed by atoms with E-state index in [1.807, 2.05) is 24.3 Å². The summed E-state index contributed by atoms with van der Waals surface area (Å²) < 4.78 is 5.65. The number of hydrogen-bond acceptors (Lipinski definition) is 2. The van der Waals surface area contributed by atoms with Crippen LogP contribution in [0.25, 0.3) is 0 Å². The molecule has 0 saturated heterocycles. The fourth-order valence-corrected chi connectivity index (χ4v) is 1.54. The van der Waals surface area contributed by atoms with Gasteiger partial charge in [-0.1, -0.05) is 31.5 Å². The number of hydrogen-bond donors (Lipinski definition) is 1. The lowest BCUT2D eigenvalue weighted by Gasteiger charge is -2.16. The number of nitrogens with one attached hydrogen (secondary N) is 1. The first-order valence-corrected chi connectivity index (χ1v) is 5.75. The van der Waals surface area contributed by atoms with Gasteiger partial charge in [0.2, 0.25) is 0 Å². The summed E-state index contributed by atoms with van der Waals surface area (Å²) in [5.41, 5.74) is 0. The molecule has 0 amide bonds. The molecular formula is C12H18ClNO. The highest BCUT2D eigenvalue weighted by molar-refractivity contribution is 6.30. The van der Waals surface area contributed by atoms with Gasteiger partial charge in [0.05, 0.1) is 0 Å². The molecule has 0 aliphatic rings. The van der Waals surface area contributed by atoms with Crippen LogP contribution in [0.3, 0.4) is 0 Å². The second-order valence-electron chi connectivity index (χ2n) is 3.43. The second kappa shape index (κ2) is 6.70. The number of benzene rings is 1. The SMILES string of the molecule is CCNC(CC)COc1cccc(Cl)c1. The zero-order valence-corrected chi connectivity index (χ0v) is 10.1. The number of rotatable bonds is 6. The van der Waals surface area contributed by atoms with Crippen LogP contribution in [0.1, 0.15) is 20.3 Å². The van der Waals surface area contributed by atoms with Crippen LogP contribution in [0.5, 0.6) is 5.75 Å². The molecule has 0 aliphatic heterocycles. The summed E-state index contributed by atoms with van der Waals surface area (Å²) in [6.07, 6.45) is 1.06. The van der Waals surface area contributed by atoms with E-state index in [1.165, 1.54) is 0 Å². The minimum absolute atomic E-state index is 0.411. The Kier molecular flexibility index (Phi) is 5.51. The van der Waals surface area contributed by atoms with Crippen molar-refractivity contribution in [3.8, 4) is 5.75 Å². The summed E-state index contributed by atoms with van der Waals surface area (Å²) in [4.78, 5) is 0. The first-order chi connectivity index (χ1) is 7.26. The number of ether oxygens (including phenoxy) is 1. The van der Waals surface area contributed by atoms with Gasteiger partial charge in [-0.3, -0.25) is 0 Å². The molecule has 1 N–H and O–H groups in total. The molecule has 1 unspecified atom stereocenters.